The van der Waals surface area contributed by atoms with Gasteiger partial charge in [-0.15, -0.1) is 0 Å². The van der Waals surface area contributed by atoms with Crippen LogP contribution in [0.4, 0.5) is 5.69 Å². The van der Waals surface area contributed by atoms with Crippen molar-refractivity contribution in [2.45, 2.75) is 6.04 Å². The standard InChI is InChI=1S/C14H20N2O3/c1-15(2)12-5-3-11(4-6-12)14(18)16-7-8-19-10-13(16)9-17/h3-6,13,17H,7-10H2,1-2H3. The van der Waals surface area contributed by atoms with Crippen molar-refractivity contribution in [2.24, 2.45) is 0 Å². The van der Waals surface area contributed by atoms with Crippen molar-refractivity contribution in [1.29, 1.82) is 0 Å². The molecule has 19 heavy (non-hydrogen) atoms. The van der Waals surface area contributed by atoms with Crippen molar-refractivity contribution in [3.63, 3.8) is 0 Å². The summed E-state index contributed by atoms with van der Waals surface area (Å²) in [5.41, 5.74) is 1.70. The summed E-state index contributed by atoms with van der Waals surface area (Å²) >= 11 is 0. The van der Waals surface area contributed by atoms with Gasteiger partial charge in [0.25, 0.3) is 5.91 Å². The van der Waals surface area contributed by atoms with Crippen LogP contribution in [0.25, 0.3) is 0 Å². The SMILES string of the molecule is CN(C)c1ccc(C(=O)N2CCOCC2CO)cc1. The predicted octanol–water partition coefficient (Wildman–Crippen LogP) is 0.586. The number of aliphatic hydroxyl groups excluding tert-OH is 1. The molecule has 1 amide bonds. The first-order valence-electron chi connectivity index (χ1n) is 6.40. The second kappa shape index (κ2) is 6.04. The summed E-state index contributed by atoms with van der Waals surface area (Å²) < 4.78 is 5.28. The summed E-state index contributed by atoms with van der Waals surface area (Å²) in [5, 5.41) is 9.29. The monoisotopic (exact) mass is 264 g/mol. The molecular formula is C14H20N2O3. The average molecular weight is 264 g/mol. The lowest BCUT2D eigenvalue weighted by atomic mass is 10.1. The highest BCUT2D eigenvalue weighted by Gasteiger charge is 2.27. The Hall–Kier alpha value is -1.59. The van der Waals surface area contributed by atoms with E-state index in [1.54, 1.807) is 4.90 Å². The van der Waals surface area contributed by atoms with Gasteiger partial charge in [0.1, 0.15) is 0 Å². The molecule has 1 aliphatic heterocycles. The zero-order chi connectivity index (χ0) is 13.8. The van der Waals surface area contributed by atoms with E-state index in [0.29, 0.717) is 25.3 Å². The summed E-state index contributed by atoms with van der Waals surface area (Å²) in [4.78, 5) is 16.1. The lowest BCUT2D eigenvalue weighted by molar-refractivity contribution is -0.0183. The lowest BCUT2D eigenvalue weighted by Gasteiger charge is -2.34. The zero-order valence-electron chi connectivity index (χ0n) is 11.4. The van der Waals surface area contributed by atoms with E-state index in [0.717, 1.165) is 5.69 Å². The number of nitrogens with zero attached hydrogens (tertiary/aromatic N) is 2. The molecule has 0 radical (unpaired) electrons. The number of rotatable bonds is 3. The number of anilines is 1. The molecule has 104 valence electrons. The van der Waals surface area contributed by atoms with E-state index >= 15 is 0 Å². The Bertz CT molecular complexity index is 431. The van der Waals surface area contributed by atoms with E-state index in [9.17, 15) is 9.90 Å². The third-order valence-electron chi connectivity index (χ3n) is 3.33. The second-order valence-corrected chi connectivity index (χ2v) is 4.85. The number of hydrogen-bond donors (Lipinski definition) is 1. The van der Waals surface area contributed by atoms with Gasteiger partial charge in [-0.2, -0.15) is 0 Å². The third-order valence-corrected chi connectivity index (χ3v) is 3.33. The number of carbonyl (C=O) groups excluding carboxylic acids is 1. The second-order valence-electron chi connectivity index (χ2n) is 4.85. The first-order valence-corrected chi connectivity index (χ1v) is 6.40. The van der Waals surface area contributed by atoms with Crippen LogP contribution in [0.1, 0.15) is 10.4 Å². The molecule has 2 rings (SSSR count). The Kier molecular flexibility index (Phi) is 4.39. The molecule has 0 aromatic heterocycles. The van der Waals surface area contributed by atoms with E-state index in [-0.39, 0.29) is 18.6 Å². The molecule has 1 aromatic carbocycles. The van der Waals surface area contributed by atoms with E-state index in [1.807, 2.05) is 43.3 Å². The fraction of sp³-hybridized carbons (Fsp3) is 0.500. The van der Waals surface area contributed by atoms with Gasteiger partial charge in [0.05, 0.1) is 25.9 Å². The average Bonchev–Trinajstić information content (AvgIpc) is 2.46. The molecule has 0 aliphatic carbocycles. The largest absolute Gasteiger partial charge is 0.394 e. The third kappa shape index (κ3) is 3.05. The molecule has 5 heteroatoms. The predicted molar refractivity (Wildman–Crippen MR) is 73.5 cm³/mol. The summed E-state index contributed by atoms with van der Waals surface area (Å²) in [7, 11) is 3.92. The van der Waals surface area contributed by atoms with Gasteiger partial charge >= 0.3 is 0 Å². The fourth-order valence-corrected chi connectivity index (χ4v) is 2.14. The Labute approximate surface area is 113 Å². The molecule has 1 atom stereocenters. The van der Waals surface area contributed by atoms with Gasteiger partial charge < -0.3 is 19.6 Å². The Morgan fingerprint density at radius 3 is 2.68 bits per heavy atom. The minimum Gasteiger partial charge on any atom is -0.394 e. The number of morpholine rings is 1. The van der Waals surface area contributed by atoms with Crippen LogP contribution in [0.3, 0.4) is 0 Å². The summed E-state index contributed by atoms with van der Waals surface area (Å²) in [6.45, 7) is 1.39. The van der Waals surface area contributed by atoms with Crippen LogP contribution in [-0.4, -0.2) is 62.4 Å². The highest BCUT2D eigenvalue weighted by atomic mass is 16.5. The quantitative estimate of drug-likeness (QED) is 0.868. The van der Waals surface area contributed by atoms with Crippen molar-refractivity contribution in [3.05, 3.63) is 29.8 Å². The van der Waals surface area contributed by atoms with Gasteiger partial charge in [-0.25, -0.2) is 0 Å². The first-order chi connectivity index (χ1) is 9.13. The van der Waals surface area contributed by atoms with Gasteiger partial charge in [0.2, 0.25) is 0 Å². The molecule has 0 bridgehead atoms. The number of aliphatic hydroxyl groups is 1. The normalized spacial score (nSPS) is 19.3. The Balaban J connectivity index is 2.13. The van der Waals surface area contributed by atoms with Gasteiger partial charge in [-0.1, -0.05) is 0 Å². The molecule has 1 fully saturated rings. The van der Waals surface area contributed by atoms with Crippen molar-refractivity contribution in [1.82, 2.24) is 4.90 Å². The molecule has 1 aromatic rings. The summed E-state index contributed by atoms with van der Waals surface area (Å²) in [6.07, 6.45) is 0. The summed E-state index contributed by atoms with van der Waals surface area (Å²) in [5.74, 6) is -0.0485. The van der Waals surface area contributed by atoms with E-state index in [1.165, 1.54) is 0 Å². The van der Waals surface area contributed by atoms with Crippen LogP contribution in [0.5, 0.6) is 0 Å². The number of carbonyl (C=O) groups is 1. The first kappa shape index (κ1) is 13.8. The number of amides is 1. The maximum absolute atomic E-state index is 12.4. The van der Waals surface area contributed by atoms with Crippen LogP contribution in [0.2, 0.25) is 0 Å². The van der Waals surface area contributed by atoms with E-state index < -0.39 is 0 Å². The van der Waals surface area contributed by atoms with Gasteiger partial charge in [-0.3, -0.25) is 4.79 Å². The van der Waals surface area contributed by atoms with Gasteiger partial charge in [0, 0.05) is 31.9 Å². The fourth-order valence-electron chi connectivity index (χ4n) is 2.14. The van der Waals surface area contributed by atoms with Crippen LogP contribution in [0, 0.1) is 0 Å². The van der Waals surface area contributed by atoms with Crippen molar-refractivity contribution in [2.75, 3.05) is 45.4 Å². The van der Waals surface area contributed by atoms with Gasteiger partial charge in [0.15, 0.2) is 0 Å². The van der Waals surface area contributed by atoms with Crippen LogP contribution in [-0.2, 0) is 4.74 Å². The Morgan fingerprint density at radius 1 is 1.42 bits per heavy atom. The molecular weight excluding hydrogens is 244 g/mol. The topological polar surface area (TPSA) is 53.0 Å². The maximum Gasteiger partial charge on any atom is 0.254 e. The zero-order valence-corrected chi connectivity index (χ0v) is 11.4. The molecule has 5 nitrogen and oxygen atoms in total. The molecule has 1 saturated heterocycles. The minimum absolute atomic E-state index is 0.0485. The van der Waals surface area contributed by atoms with Crippen molar-refractivity contribution < 1.29 is 14.6 Å². The van der Waals surface area contributed by atoms with Crippen LogP contribution < -0.4 is 4.90 Å². The molecule has 0 saturated carbocycles. The maximum atomic E-state index is 12.4. The number of ether oxygens (including phenoxy) is 1. The molecule has 1 N–H and O–H groups in total. The number of benzene rings is 1. The minimum atomic E-state index is -0.241. The summed E-state index contributed by atoms with van der Waals surface area (Å²) in [6, 6.07) is 7.24. The molecule has 1 heterocycles. The van der Waals surface area contributed by atoms with Crippen LogP contribution >= 0.6 is 0 Å². The Morgan fingerprint density at radius 2 is 2.11 bits per heavy atom. The highest BCUT2D eigenvalue weighted by Crippen LogP contribution is 2.16. The smallest absolute Gasteiger partial charge is 0.254 e. The lowest BCUT2D eigenvalue weighted by Crippen LogP contribution is -2.50. The van der Waals surface area contributed by atoms with Gasteiger partial charge in [-0.05, 0) is 24.3 Å². The highest BCUT2D eigenvalue weighted by molar-refractivity contribution is 5.94. The van der Waals surface area contributed by atoms with E-state index in [2.05, 4.69) is 0 Å². The van der Waals surface area contributed by atoms with Crippen molar-refractivity contribution >= 4 is 11.6 Å². The molecule has 0 spiro atoms. The van der Waals surface area contributed by atoms with Crippen LogP contribution in [0.15, 0.2) is 24.3 Å². The van der Waals surface area contributed by atoms with E-state index in [4.69, 9.17) is 4.74 Å². The van der Waals surface area contributed by atoms with Crippen molar-refractivity contribution in [3.8, 4) is 0 Å². The number of hydrogen-bond acceptors (Lipinski definition) is 4. The molecule has 1 unspecified atom stereocenters. The molecule has 1 aliphatic rings.